The topological polar surface area (TPSA) is 102 Å². The van der Waals surface area contributed by atoms with Crippen molar-refractivity contribution in [2.45, 2.75) is 24.4 Å². The molecule has 0 spiro atoms. The Morgan fingerprint density at radius 2 is 2.36 bits per heavy atom. The predicted octanol–water partition coefficient (Wildman–Crippen LogP) is -0.328. The van der Waals surface area contributed by atoms with Gasteiger partial charge in [0.25, 0.3) is 0 Å². The molecule has 4 N–H and O–H groups in total. The second-order valence-electron chi connectivity index (χ2n) is 4.89. The van der Waals surface area contributed by atoms with Crippen LogP contribution in [0.5, 0.6) is 0 Å². The standard InChI is InChI=1S/C12H18F2N4O3S/c1-22-5-3-16-6-7-9(19)12(13,14)10(21-7)18-4-2-8(15)17-11(18)20/h2,4,7,9-10,16,19H,3,5-6H2,1H3,(H2,15,17,20)/t7-,9-,10-/m1/s1. The van der Waals surface area contributed by atoms with E-state index in [0.717, 1.165) is 11.9 Å². The quantitative estimate of drug-likeness (QED) is 0.611. The van der Waals surface area contributed by atoms with Crippen LogP contribution in [0, 0.1) is 0 Å². The van der Waals surface area contributed by atoms with Crippen LogP contribution in [-0.2, 0) is 4.74 Å². The molecule has 1 saturated heterocycles. The van der Waals surface area contributed by atoms with E-state index in [4.69, 9.17) is 10.5 Å². The van der Waals surface area contributed by atoms with E-state index >= 15 is 0 Å². The van der Waals surface area contributed by atoms with Gasteiger partial charge in [-0.2, -0.15) is 25.5 Å². The number of rotatable bonds is 6. The summed E-state index contributed by atoms with van der Waals surface area (Å²) < 4.78 is 34.2. The molecule has 0 aliphatic carbocycles. The van der Waals surface area contributed by atoms with E-state index in [1.54, 1.807) is 11.8 Å². The second-order valence-corrected chi connectivity index (χ2v) is 5.87. The highest BCUT2D eigenvalue weighted by atomic mass is 32.2. The van der Waals surface area contributed by atoms with Crippen LogP contribution in [0.1, 0.15) is 6.23 Å². The summed E-state index contributed by atoms with van der Waals surface area (Å²) in [7, 11) is 0. The molecule has 0 unspecified atom stereocenters. The summed E-state index contributed by atoms with van der Waals surface area (Å²) in [5, 5.41) is 12.7. The number of halogens is 2. The average molecular weight is 336 g/mol. The van der Waals surface area contributed by atoms with E-state index in [2.05, 4.69) is 10.3 Å². The van der Waals surface area contributed by atoms with E-state index in [0.29, 0.717) is 11.1 Å². The van der Waals surface area contributed by atoms with E-state index in [9.17, 15) is 18.7 Å². The normalized spacial score (nSPS) is 27.2. The molecule has 0 radical (unpaired) electrons. The van der Waals surface area contributed by atoms with Crippen molar-refractivity contribution < 1.29 is 18.6 Å². The molecule has 7 nitrogen and oxygen atoms in total. The van der Waals surface area contributed by atoms with Crippen molar-refractivity contribution in [3.05, 3.63) is 22.7 Å². The molecule has 1 aromatic heterocycles. The predicted molar refractivity (Wildman–Crippen MR) is 79.0 cm³/mol. The SMILES string of the molecule is CSCCNC[C@H]1O[C@@H](n2ccc(N)nc2=O)C(F)(F)[C@@H]1O. The van der Waals surface area contributed by atoms with E-state index in [1.165, 1.54) is 6.07 Å². The summed E-state index contributed by atoms with van der Waals surface area (Å²) in [4.78, 5) is 15.1. The van der Waals surface area contributed by atoms with Crippen LogP contribution in [0.3, 0.4) is 0 Å². The number of aliphatic hydroxyl groups excluding tert-OH is 1. The Balaban J connectivity index is 2.13. The number of hydrogen-bond acceptors (Lipinski definition) is 7. The lowest BCUT2D eigenvalue weighted by Crippen LogP contribution is -2.43. The van der Waals surface area contributed by atoms with Crippen molar-refractivity contribution in [2.24, 2.45) is 0 Å². The van der Waals surface area contributed by atoms with E-state index in [-0.39, 0.29) is 12.4 Å². The number of hydrogen-bond donors (Lipinski definition) is 3. The van der Waals surface area contributed by atoms with Gasteiger partial charge in [-0.3, -0.25) is 4.57 Å². The van der Waals surface area contributed by atoms with Gasteiger partial charge in [0.05, 0.1) is 0 Å². The Hall–Kier alpha value is -1.23. The Bertz CT molecular complexity index is 572. The highest BCUT2D eigenvalue weighted by molar-refractivity contribution is 7.98. The molecule has 3 atom stereocenters. The first kappa shape index (κ1) is 17.1. The lowest BCUT2D eigenvalue weighted by molar-refractivity contribution is -0.140. The summed E-state index contributed by atoms with van der Waals surface area (Å²) in [5.74, 6) is -2.87. The third-order valence-corrected chi connectivity index (χ3v) is 3.92. The molecule has 22 heavy (non-hydrogen) atoms. The third-order valence-electron chi connectivity index (χ3n) is 3.31. The fraction of sp³-hybridized carbons (Fsp3) is 0.667. The highest BCUT2D eigenvalue weighted by Gasteiger charge is 2.59. The minimum atomic E-state index is -3.60. The number of aliphatic hydroxyl groups is 1. The van der Waals surface area contributed by atoms with Gasteiger partial charge in [0.15, 0.2) is 0 Å². The number of nitrogens with one attached hydrogen (secondary N) is 1. The van der Waals surface area contributed by atoms with Crippen LogP contribution >= 0.6 is 11.8 Å². The molecule has 1 aromatic rings. The Morgan fingerprint density at radius 3 is 3.00 bits per heavy atom. The van der Waals surface area contributed by atoms with E-state index < -0.39 is 30.0 Å². The molecular weight excluding hydrogens is 318 g/mol. The molecule has 2 heterocycles. The van der Waals surface area contributed by atoms with Gasteiger partial charge in [-0.25, -0.2) is 4.79 Å². The molecule has 2 rings (SSSR count). The number of aromatic nitrogens is 2. The second kappa shape index (κ2) is 6.90. The summed E-state index contributed by atoms with van der Waals surface area (Å²) in [5.41, 5.74) is 4.38. The Morgan fingerprint density at radius 1 is 1.64 bits per heavy atom. The number of ether oxygens (including phenoxy) is 1. The zero-order valence-corrected chi connectivity index (χ0v) is 12.7. The molecule has 1 aliphatic rings. The van der Waals surface area contributed by atoms with Crippen molar-refractivity contribution in [2.75, 3.05) is 30.8 Å². The van der Waals surface area contributed by atoms with E-state index in [1.807, 2.05) is 6.26 Å². The van der Waals surface area contributed by atoms with Gasteiger partial charge in [0.2, 0.25) is 6.23 Å². The van der Waals surface area contributed by atoms with Crippen molar-refractivity contribution in [1.29, 1.82) is 0 Å². The largest absolute Gasteiger partial charge is 0.384 e. The minimum absolute atomic E-state index is 0.0605. The maximum Gasteiger partial charge on any atom is 0.351 e. The maximum absolute atomic E-state index is 14.2. The van der Waals surface area contributed by atoms with Gasteiger partial charge in [-0.05, 0) is 12.3 Å². The molecule has 0 bridgehead atoms. The fourth-order valence-corrected chi connectivity index (χ4v) is 2.51. The van der Waals surface area contributed by atoms with Gasteiger partial charge in [-0.15, -0.1) is 0 Å². The molecule has 0 aromatic carbocycles. The smallest absolute Gasteiger partial charge is 0.351 e. The van der Waals surface area contributed by atoms with Crippen LogP contribution in [0.25, 0.3) is 0 Å². The van der Waals surface area contributed by atoms with Crippen LogP contribution in [0.15, 0.2) is 17.1 Å². The lowest BCUT2D eigenvalue weighted by Gasteiger charge is -2.20. The van der Waals surface area contributed by atoms with Gasteiger partial charge < -0.3 is 20.9 Å². The first-order valence-electron chi connectivity index (χ1n) is 6.63. The average Bonchev–Trinajstić information content (AvgIpc) is 2.67. The van der Waals surface area contributed by atoms with Gasteiger partial charge >= 0.3 is 11.6 Å². The molecule has 124 valence electrons. The van der Waals surface area contributed by atoms with Gasteiger partial charge in [0.1, 0.15) is 18.0 Å². The molecule has 0 amide bonds. The number of nitrogen functional groups attached to an aromatic ring is 1. The third kappa shape index (κ3) is 3.40. The molecule has 0 saturated carbocycles. The van der Waals surface area contributed by atoms with Crippen molar-refractivity contribution in [3.8, 4) is 0 Å². The molecule has 1 aliphatic heterocycles. The van der Waals surface area contributed by atoms with Crippen LogP contribution < -0.4 is 16.7 Å². The Kier molecular flexibility index (Phi) is 5.37. The first-order valence-corrected chi connectivity index (χ1v) is 8.03. The van der Waals surface area contributed by atoms with Crippen LogP contribution in [0.4, 0.5) is 14.6 Å². The number of nitrogens with zero attached hydrogens (tertiary/aromatic N) is 2. The van der Waals surface area contributed by atoms with Crippen molar-refractivity contribution in [3.63, 3.8) is 0 Å². The monoisotopic (exact) mass is 336 g/mol. The van der Waals surface area contributed by atoms with Crippen LogP contribution in [0.2, 0.25) is 0 Å². The zero-order chi connectivity index (χ0) is 16.3. The summed E-state index contributed by atoms with van der Waals surface area (Å²) in [6.45, 7) is 0.665. The van der Waals surface area contributed by atoms with Crippen molar-refractivity contribution in [1.82, 2.24) is 14.9 Å². The number of alkyl halides is 2. The zero-order valence-electron chi connectivity index (χ0n) is 11.9. The summed E-state index contributed by atoms with van der Waals surface area (Å²) >= 11 is 1.61. The number of nitrogens with two attached hydrogens (primary N) is 1. The van der Waals surface area contributed by atoms with Gasteiger partial charge in [0, 0.05) is 25.0 Å². The highest BCUT2D eigenvalue weighted by Crippen LogP contribution is 2.41. The summed E-state index contributed by atoms with van der Waals surface area (Å²) in [6, 6.07) is 1.22. The Labute approximate surface area is 129 Å². The fourth-order valence-electron chi connectivity index (χ4n) is 2.16. The van der Waals surface area contributed by atoms with Crippen LogP contribution in [-0.4, -0.2) is 57.9 Å². The number of anilines is 1. The number of thioether (sulfide) groups is 1. The lowest BCUT2D eigenvalue weighted by atomic mass is 10.1. The molecule has 1 fully saturated rings. The minimum Gasteiger partial charge on any atom is -0.384 e. The maximum atomic E-state index is 14.2. The molecular formula is C12H18F2N4O3S. The van der Waals surface area contributed by atoms with Crippen molar-refractivity contribution >= 4 is 17.6 Å². The molecule has 10 heteroatoms. The van der Waals surface area contributed by atoms with Gasteiger partial charge in [-0.1, -0.05) is 0 Å². The first-order chi connectivity index (χ1) is 10.4. The summed E-state index contributed by atoms with van der Waals surface area (Å²) in [6.07, 6.45) is -2.03.